The van der Waals surface area contributed by atoms with Gasteiger partial charge in [-0.1, -0.05) is 0 Å². The van der Waals surface area contributed by atoms with E-state index in [1.807, 2.05) is 0 Å². The first kappa shape index (κ1) is 23.5. The van der Waals surface area contributed by atoms with Gasteiger partial charge in [0, 0.05) is 18.7 Å². The van der Waals surface area contributed by atoms with Gasteiger partial charge in [0.1, 0.15) is 12.0 Å². The number of carbonyl (C=O) groups is 2. The number of rotatable bonds is 9. The fourth-order valence-corrected chi connectivity index (χ4v) is 4.52. The molecule has 1 aliphatic rings. The predicted molar refractivity (Wildman–Crippen MR) is 115 cm³/mol. The maximum absolute atomic E-state index is 12.9. The summed E-state index contributed by atoms with van der Waals surface area (Å²) in [5.74, 6) is 0.324. The number of hydrogen-bond donors (Lipinski definition) is 1. The molecule has 0 unspecified atom stereocenters. The van der Waals surface area contributed by atoms with Crippen molar-refractivity contribution < 1.29 is 37.0 Å². The van der Waals surface area contributed by atoms with Crippen molar-refractivity contribution in [2.24, 2.45) is 0 Å². The molecule has 3 rings (SSSR count). The molecular formula is C21H24N2O8S. The Balaban J connectivity index is 1.75. The quantitative estimate of drug-likeness (QED) is 0.555. The van der Waals surface area contributed by atoms with E-state index in [-0.39, 0.29) is 29.4 Å². The number of anilines is 1. The number of nitrogens with zero attached hydrogens (tertiary/aromatic N) is 1. The first-order valence-electron chi connectivity index (χ1n) is 9.71. The molecular weight excluding hydrogens is 440 g/mol. The maximum atomic E-state index is 12.9. The Kier molecular flexibility index (Phi) is 7.67. The van der Waals surface area contributed by atoms with Crippen LogP contribution in [0.4, 0.5) is 5.69 Å². The van der Waals surface area contributed by atoms with Gasteiger partial charge in [0.15, 0.2) is 18.1 Å². The summed E-state index contributed by atoms with van der Waals surface area (Å²) in [4.78, 5) is 23.5. The summed E-state index contributed by atoms with van der Waals surface area (Å²) in [5, 5.41) is 2.61. The van der Waals surface area contributed by atoms with Crippen LogP contribution in [-0.2, 0) is 19.6 Å². The lowest BCUT2D eigenvalue weighted by molar-refractivity contribution is -0.118. The molecule has 0 atom stereocenters. The molecule has 0 bridgehead atoms. The lowest BCUT2D eigenvalue weighted by Crippen LogP contribution is -2.40. The molecule has 0 saturated carbocycles. The predicted octanol–water partition coefficient (Wildman–Crippen LogP) is 1.55. The highest BCUT2D eigenvalue weighted by Gasteiger charge is 2.27. The highest BCUT2D eigenvalue weighted by atomic mass is 32.2. The summed E-state index contributed by atoms with van der Waals surface area (Å²) < 4.78 is 48.3. The molecule has 0 spiro atoms. The third-order valence-corrected chi connectivity index (χ3v) is 6.63. The van der Waals surface area contributed by atoms with E-state index in [4.69, 9.17) is 18.9 Å². The smallest absolute Gasteiger partial charge is 0.262 e. The maximum Gasteiger partial charge on any atom is 0.262 e. The highest BCUT2D eigenvalue weighted by molar-refractivity contribution is 7.89. The van der Waals surface area contributed by atoms with E-state index in [2.05, 4.69) is 5.32 Å². The molecule has 2 aromatic carbocycles. The van der Waals surface area contributed by atoms with Gasteiger partial charge >= 0.3 is 0 Å². The number of sulfonamides is 1. The number of aldehydes is 1. The van der Waals surface area contributed by atoms with Crippen molar-refractivity contribution in [2.75, 3.05) is 52.4 Å². The van der Waals surface area contributed by atoms with Gasteiger partial charge in [-0.05, 0) is 36.4 Å². The Morgan fingerprint density at radius 1 is 1.06 bits per heavy atom. The Morgan fingerprint density at radius 2 is 1.75 bits per heavy atom. The molecule has 0 aliphatic carbocycles. The number of carbonyl (C=O) groups excluding carboxylic acids is 2. The summed E-state index contributed by atoms with van der Waals surface area (Å²) in [6.45, 7) is 0.760. The Bertz CT molecular complexity index is 1080. The lowest BCUT2D eigenvalue weighted by Gasteiger charge is -2.26. The van der Waals surface area contributed by atoms with Crippen LogP contribution >= 0.6 is 0 Å². The van der Waals surface area contributed by atoms with Crippen LogP contribution in [0.1, 0.15) is 10.4 Å². The van der Waals surface area contributed by atoms with Crippen LogP contribution in [0.2, 0.25) is 0 Å². The van der Waals surface area contributed by atoms with E-state index in [0.29, 0.717) is 36.6 Å². The minimum atomic E-state index is -3.75. The molecule has 11 heteroatoms. The van der Waals surface area contributed by atoms with Gasteiger partial charge in [-0.25, -0.2) is 8.42 Å². The molecule has 1 saturated heterocycles. The number of benzene rings is 2. The van der Waals surface area contributed by atoms with Crippen molar-refractivity contribution in [3.63, 3.8) is 0 Å². The van der Waals surface area contributed by atoms with Crippen LogP contribution in [0.15, 0.2) is 41.3 Å². The first-order valence-corrected chi connectivity index (χ1v) is 11.1. The van der Waals surface area contributed by atoms with Crippen molar-refractivity contribution >= 4 is 27.9 Å². The molecule has 0 radical (unpaired) electrons. The monoisotopic (exact) mass is 464 g/mol. The van der Waals surface area contributed by atoms with E-state index in [9.17, 15) is 18.0 Å². The molecule has 172 valence electrons. The Hall–Kier alpha value is -3.15. The Labute approximate surface area is 186 Å². The largest absolute Gasteiger partial charge is 0.495 e. The average Bonchev–Trinajstić information content (AvgIpc) is 2.83. The number of ether oxygens (including phenoxy) is 4. The molecule has 1 N–H and O–H groups in total. The Morgan fingerprint density at radius 3 is 2.41 bits per heavy atom. The molecule has 2 aromatic rings. The van der Waals surface area contributed by atoms with Gasteiger partial charge < -0.3 is 24.3 Å². The number of amides is 1. The summed E-state index contributed by atoms with van der Waals surface area (Å²) in [5.41, 5.74) is 0.549. The number of nitrogens with one attached hydrogen (secondary N) is 1. The zero-order chi connectivity index (χ0) is 23.1. The second-order valence-corrected chi connectivity index (χ2v) is 8.68. The molecule has 1 heterocycles. The number of morpholine rings is 1. The SMILES string of the molecule is COc1ccc(S(=O)(=O)N2CCOCC2)cc1NC(=O)COc1cc(C=O)ccc1OC. The number of hydrogen-bond acceptors (Lipinski definition) is 8. The van der Waals surface area contributed by atoms with Gasteiger partial charge in [0.05, 0.1) is 38.0 Å². The number of methoxy groups -OCH3 is 2. The summed E-state index contributed by atoms with van der Waals surface area (Å²) in [6, 6.07) is 8.81. The molecule has 1 amide bonds. The topological polar surface area (TPSA) is 120 Å². The van der Waals surface area contributed by atoms with Crippen molar-refractivity contribution in [1.29, 1.82) is 0 Å². The highest BCUT2D eigenvalue weighted by Crippen LogP contribution is 2.30. The van der Waals surface area contributed by atoms with Crippen molar-refractivity contribution in [3.05, 3.63) is 42.0 Å². The van der Waals surface area contributed by atoms with Gasteiger partial charge in [0.25, 0.3) is 5.91 Å². The van der Waals surface area contributed by atoms with E-state index in [0.717, 1.165) is 0 Å². The summed E-state index contributed by atoms with van der Waals surface area (Å²) >= 11 is 0. The minimum Gasteiger partial charge on any atom is -0.495 e. The van der Waals surface area contributed by atoms with Gasteiger partial charge in [-0.3, -0.25) is 9.59 Å². The normalized spacial score (nSPS) is 14.4. The average molecular weight is 464 g/mol. The van der Waals surface area contributed by atoms with Crippen LogP contribution in [0.3, 0.4) is 0 Å². The second-order valence-electron chi connectivity index (χ2n) is 6.74. The zero-order valence-corrected chi connectivity index (χ0v) is 18.5. The third-order valence-electron chi connectivity index (χ3n) is 4.74. The fourth-order valence-electron chi connectivity index (χ4n) is 3.09. The van der Waals surface area contributed by atoms with Crippen LogP contribution in [0.5, 0.6) is 17.2 Å². The van der Waals surface area contributed by atoms with Crippen molar-refractivity contribution in [1.82, 2.24) is 4.31 Å². The lowest BCUT2D eigenvalue weighted by atomic mass is 10.2. The van der Waals surface area contributed by atoms with E-state index >= 15 is 0 Å². The van der Waals surface area contributed by atoms with Crippen LogP contribution in [0, 0.1) is 0 Å². The first-order chi connectivity index (χ1) is 15.4. The van der Waals surface area contributed by atoms with Gasteiger partial charge in [-0.15, -0.1) is 0 Å². The van der Waals surface area contributed by atoms with Crippen LogP contribution in [-0.4, -0.2) is 72.0 Å². The fraction of sp³-hybridized carbons (Fsp3) is 0.333. The van der Waals surface area contributed by atoms with E-state index in [1.54, 1.807) is 12.1 Å². The van der Waals surface area contributed by atoms with Gasteiger partial charge in [-0.2, -0.15) is 4.31 Å². The van der Waals surface area contributed by atoms with Crippen LogP contribution in [0.25, 0.3) is 0 Å². The standard InChI is InChI=1S/C21H24N2O8S/c1-28-18-6-4-16(32(26,27)23-7-9-30-10-8-23)12-17(18)22-21(25)14-31-20-11-15(13-24)3-5-19(20)29-2/h3-6,11-13H,7-10,14H2,1-2H3,(H,22,25). The third kappa shape index (κ3) is 5.36. The zero-order valence-electron chi connectivity index (χ0n) is 17.7. The second kappa shape index (κ2) is 10.4. The summed E-state index contributed by atoms with van der Waals surface area (Å²) in [7, 11) is -0.903. The minimum absolute atomic E-state index is 0.0248. The van der Waals surface area contributed by atoms with Crippen molar-refractivity contribution in [3.8, 4) is 17.2 Å². The van der Waals surface area contributed by atoms with Crippen LogP contribution < -0.4 is 19.5 Å². The van der Waals surface area contributed by atoms with E-state index in [1.165, 1.54) is 42.8 Å². The molecule has 0 aromatic heterocycles. The molecule has 10 nitrogen and oxygen atoms in total. The van der Waals surface area contributed by atoms with Gasteiger partial charge in [0.2, 0.25) is 10.0 Å². The van der Waals surface area contributed by atoms with E-state index < -0.39 is 22.5 Å². The molecule has 32 heavy (non-hydrogen) atoms. The summed E-state index contributed by atoms with van der Waals surface area (Å²) in [6.07, 6.45) is 0.650. The molecule has 1 fully saturated rings. The van der Waals surface area contributed by atoms with Crippen molar-refractivity contribution in [2.45, 2.75) is 4.90 Å². The molecule has 1 aliphatic heterocycles.